The SMILES string of the molecule is NC[C@H](O)C1CCCN(Cc2ccccc2)C1. The second kappa shape index (κ2) is 6.15. The Labute approximate surface area is 103 Å². The molecule has 0 spiro atoms. The molecule has 1 saturated heterocycles. The van der Waals surface area contributed by atoms with E-state index >= 15 is 0 Å². The molecule has 0 amide bonds. The van der Waals surface area contributed by atoms with Gasteiger partial charge in [-0.3, -0.25) is 4.90 Å². The number of likely N-dealkylation sites (tertiary alicyclic amines) is 1. The van der Waals surface area contributed by atoms with Gasteiger partial charge in [-0.05, 0) is 30.9 Å². The van der Waals surface area contributed by atoms with Gasteiger partial charge in [-0.1, -0.05) is 30.3 Å². The van der Waals surface area contributed by atoms with Gasteiger partial charge in [0.25, 0.3) is 0 Å². The molecule has 94 valence electrons. The van der Waals surface area contributed by atoms with E-state index in [0.717, 1.165) is 32.5 Å². The van der Waals surface area contributed by atoms with Crippen molar-refractivity contribution in [1.29, 1.82) is 0 Å². The molecule has 1 aromatic rings. The van der Waals surface area contributed by atoms with Gasteiger partial charge >= 0.3 is 0 Å². The Morgan fingerprint density at radius 2 is 2.12 bits per heavy atom. The zero-order valence-corrected chi connectivity index (χ0v) is 10.3. The third-order valence-electron chi connectivity index (χ3n) is 3.58. The molecule has 1 aromatic carbocycles. The van der Waals surface area contributed by atoms with Gasteiger partial charge in [0.15, 0.2) is 0 Å². The quantitative estimate of drug-likeness (QED) is 0.823. The van der Waals surface area contributed by atoms with Crippen molar-refractivity contribution in [3.63, 3.8) is 0 Å². The number of hydrogen-bond donors (Lipinski definition) is 2. The lowest BCUT2D eigenvalue weighted by molar-refractivity contribution is 0.0537. The van der Waals surface area contributed by atoms with Gasteiger partial charge in [0.05, 0.1) is 6.10 Å². The lowest BCUT2D eigenvalue weighted by Gasteiger charge is -2.34. The van der Waals surface area contributed by atoms with Gasteiger partial charge in [0.1, 0.15) is 0 Å². The van der Waals surface area contributed by atoms with Crippen LogP contribution in [0.4, 0.5) is 0 Å². The fourth-order valence-electron chi connectivity index (χ4n) is 2.58. The van der Waals surface area contributed by atoms with E-state index in [-0.39, 0.29) is 6.10 Å². The number of hydrogen-bond acceptors (Lipinski definition) is 3. The number of piperidine rings is 1. The highest BCUT2D eigenvalue weighted by Gasteiger charge is 2.24. The van der Waals surface area contributed by atoms with Crippen molar-refractivity contribution in [3.05, 3.63) is 35.9 Å². The summed E-state index contributed by atoms with van der Waals surface area (Å²) < 4.78 is 0. The predicted molar refractivity (Wildman–Crippen MR) is 69.5 cm³/mol. The third-order valence-corrected chi connectivity index (χ3v) is 3.58. The Hall–Kier alpha value is -0.900. The van der Waals surface area contributed by atoms with Gasteiger partial charge in [-0.15, -0.1) is 0 Å². The van der Waals surface area contributed by atoms with Crippen molar-refractivity contribution >= 4 is 0 Å². The molecule has 1 unspecified atom stereocenters. The molecule has 1 aliphatic rings. The molecule has 1 fully saturated rings. The average Bonchev–Trinajstić information content (AvgIpc) is 2.39. The number of aliphatic hydroxyl groups is 1. The van der Waals surface area contributed by atoms with Crippen LogP contribution in [-0.2, 0) is 6.54 Å². The Morgan fingerprint density at radius 1 is 1.35 bits per heavy atom. The van der Waals surface area contributed by atoms with Crippen molar-refractivity contribution in [2.45, 2.75) is 25.5 Å². The summed E-state index contributed by atoms with van der Waals surface area (Å²) >= 11 is 0. The zero-order chi connectivity index (χ0) is 12.1. The molecule has 0 saturated carbocycles. The first-order valence-corrected chi connectivity index (χ1v) is 6.44. The summed E-state index contributed by atoms with van der Waals surface area (Å²) in [5.74, 6) is 0.345. The Bertz CT molecular complexity index is 328. The molecule has 1 aliphatic heterocycles. The average molecular weight is 234 g/mol. The number of aliphatic hydroxyl groups excluding tert-OH is 1. The summed E-state index contributed by atoms with van der Waals surface area (Å²) in [4.78, 5) is 2.42. The minimum absolute atomic E-state index is 0.339. The summed E-state index contributed by atoms with van der Waals surface area (Å²) in [6.45, 7) is 3.45. The van der Waals surface area contributed by atoms with Crippen LogP contribution >= 0.6 is 0 Å². The molecule has 0 radical (unpaired) electrons. The lowest BCUT2D eigenvalue weighted by atomic mass is 9.92. The Morgan fingerprint density at radius 3 is 2.82 bits per heavy atom. The summed E-state index contributed by atoms with van der Waals surface area (Å²) in [6.07, 6.45) is 1.92. The fourth-order valence-corrected chi connectivity index (χ4v) is 2.58. The van der Waals surface area contributed by atoms with Crippen LogP contribution in [0, 0.1) is 5.92 Å². The second-order valence-corrected chi connectivity index (χ2v) is 4.93. The molecule has 2 atom stereocenters. The standard InChI is InChI=1S/C14H22N2O/c15-9-14(17)13-7-4-8-16(11-13)10-12-5-2-1-3-6-12/h1-3,5-6,13-14,17H,4,7-11,15H2/t13?,14-/m0/s1. The topological polar surface area (TPSA) is 49.5 Å². The number of nitrogens with zero attached hydrogens (tertiary/aromatic N) is 1. The van der Waals surface area contributed by atoms with Crippen molar-refractivity contribution in [2.75, 3.05) is 19.6 Å². The molecule has 17 heavy (non-hydrogen) atoms. The first-order chi connectivity index (χ1) is 8.29. The normalized spacial score (nSPS) is 23.5. The molecule has 1 heterocycles. The van der Waals surface area contributed by atoms with Crippen molar-refractivity contribution in [3.8, 4) is 0 Å². The van der Waals surface area contributed by atoms with Crippen LogP contribution in [-0.4, -0.2) is 35.7 Å². The van der Waals surface area contributed by atoms with E-state index in [2.05, 4.69) is 29.2 Å². The van der Waals surface area contributed by atoms with Crippen LogP contribution in [0.2, 0.25) is 0 Å². The largest absolute Gasteiger partial charge is 0.391 e. The minimum Gasteiger partial charge on any atom is -0.391 e. The molecule has 3 heteroatoms. The first-order valence-electron chi connectivity index (χ1n) is 6.44. The van der Waals surface area contributed by atoms with E-state index < -0.39 is 0 Å². The summed E-state index contributed by atoms with van der Waals surface area (Å²) in [5, 5.41) is 9.81. The number of rotatable bonds is 4. The summed E-state index contributed by atoms with van der Waals surface area (Å²) in [6, 6.07) is 10.5. The first kappa shape index (κ1) is 12.6. The van der Waals surface area contributed by atoms with E-state index in [1.165, 1.54) is 5.56 Å². The molecule has 0 aromatic heterocycles. The van der Waals surface area contributed by atoms with E-state index in [1.807, 2.05) is 6.07 Å². The maximum Gasteiger partial charge on any atom is 0.0702 e. The van der Waals surface area contributed by atoms with Gasteiger partial charge in [0.2, 0.25) is 0 Å². The number of benzene rings is 1. The van der Waals surface area contributed by atoms with Gasteiger partial charge in [-0.25, -0.2) is 0 Å². The summed E-state index contributed by atoms with van der Waals surface area (Å²) in [5.41, 5.74) is 6.88. The van der Waals surface area contributed by atoms with Gasteiger partial charge in [-0.2, -0.15) is 0 Å². The van der Waals surface area contributed by atoms with E-state index in [9.17, 15) is 5.11 Å². The molecule has 3 nitrogen and oxygen atoms in total. The Balaban J connectivity index is 1.89. The highest BCUT2D eigenvalue weighted by Crippen LogP contribution is 2.21. The predicted octanol–water partition coefficient (Wildman–Crippen LogP) is 1.22. The van der Waals surface area contributed by atoms with Crippen LogP contribution in [0.1, 0.15) is 18.4 Å². The van der Waals surface area contributed by atoms with Crippen LogP contribution < -0.4 is 5.73 Å². The van der Waals surface area contributed by atoms with Crippen molar-refractivity contribution in [2.24, 2.45) is 11.7 Å². The molecular weight excluding hydrogens is 212 g/mol. The van der Waals surface area contributed by atoms with Crippen molar-refractivity contribution < 1.29 is 5.11 Å². The number of nitrogens with two attached hydrogens (primary N) is 1. The van der Waals surface area contributed by atoms with Crippen molar-refractivity contribution in [1.82, 2.24) is 4.90 Å². The molecular formula is C14H22N2O. The van der Waals surface area contributed by atoms with Gasteiger partial charge < -0.3 is 10.8 Å². The lowest BCUT2D eigenvalue weighted by Crippen LogP contribution is -2.42. The van der Waals surface area contributed by atoms with Crippen LogP contribution in [0.3, 0.4) is 0 Å². The third kappa shape index (κ3) is 3.53. The smallest absolute Gasteiger partial charge is 0.0702 e. The van der Waals surface area contributed by atoms with E-state index in [0.29, 0.717) is 12.5 Å². The minimum atomic E-state index is -0.339. The van der Waals surface area contributed by atoms with E-state index in [1.54, 1.807) is 0 Å². The molecule has 2 rings (SSSR count). The van der Waals surface area contributed by atoms with Gasteiger partial charge in [0, 0.05) is 19.6 Å². The molecule has 0 aliphatic carbocycles. The zero-order valence-electron chi connectivity index (χ0n) is 10.3. The Kier molecular flexibility index (Phi) is 4.54. The van der Waals surface area contributed by atoms with Crippen LogP contribution in [0.15, 0.2) is 30.3 Å². The highest BCUT2D eigenvalue weighted by molar-refractivity contribution is 5.14. The fraction of sp³-hybridized carbons (Fsp3) is 0.571. The highest BCUT2D eigenvalue weighted by atomic mass is 16.3. The monoisotopic (exact) mass is 234 g/mol. The van der Waals surface area contributed by atoms with Crippen LogP contribution in [0.25, 0.3) is 0 Å². The molecule has 0 bridgehead atoms. The molecule has 3 N–H and O–H groups in total. The van der Waals surface area contributed by atoms with Crippen LogP contribution in [0.5, 0.6) is 0 Å². The maximum absolute atomic E-state index is 9.81. The maximum atomic E-state index is 9.81. The summed E-state index contributed by atoms with van der Waals surface area (Å²) in [7, 11) is 0. The van der Waals surface area contributed by atoms with E-state index in [4.69, 9.17) is 5.73 Å². The second-order valence-electron chi connectivity index (χ2n) is 4.93.